The average molecular weight is 311 g/mol. The molecule has 3 unspecified atom stereocenters. The van der Waals surface area contributed by atoms with E-state index in [4.69, 9.17) is 9.73 Å². The summed E-state index contributed by atoms with van der Waals surface area (Å²) in [6.45, 7) is 8.76. The molecule has 0 aromatic carbocycles. The summed E-state index contributed by atoms with van der Waals surface area (Å²) in [6, 6.07) is 0. The highest BCUT2D eigenvalue weighted by Gasteiger charge is 2.35. The number of aliphatic hydroxyl groups excluding tert-OH is 1. The maximum Gasteiger partial charge on any atom is 0.193 e. The van der Waals surface area contributed by atoms with Crippen LogP contribution in [0.25, 0.3) is 0 Å². The lowest BCUT2D eigenvalue weighted by Gasteiger charge is -2.37. The minimum atomic E-state index is -0.215. The van der Waals surface area contributed by atoms with E-state index in [1.54, 1.807) is 7.11 Å². The van der Waals surface area contributed by atoms with Crippen molar-refractivity contribution in [1.82, 2.24) is 10.2 Å². The number of aliphatic hydroxyl groups is 1. The first-order valence-electron chi connectivity index (χ1n) is 8.79. The summed E-state index contributed by atoms with van der Waals surface area (Å²) in [4.78, 5) is 7.21. The van der Waals surface area contributed by atoms with Crippen molar-refractivity contribution >= 4 is 5.96 Å². The molecule has 1 aliphatic heterocycles. The topological polar surface area (TPSA) is 57.1 Å². The minimum absolute atomic E-state index is 0.0649. The molecule has 0 radical (unpaired) electrons. The van der Waals surface area contributed by atoms with Gasteiger partial charge in [0.15, 0.2) is 5.96 Å². The second kappa shape index (κ2) is 8.16. The zero-order valence-corrected chi connectivity index (χ0v) is 14.5. The van der Waals surface area contributed by atoms with E-state index < -0.39 is 0 Å². The molecular weight excluding hydrogens is 278 g/mol. The van der Waals surface area contributed by atoms with Crippen LogP contribution in [0, 0.1) is 11.3 Å². The third kappa shape index (κ3) is 4.35. The molecule has 128 valence electrons. The summed E-state index contributed by atoms with van der Waals surface area (Å²) in [6.07, 6.45) is 5.29. The molecule has 0 aromatic heterocycles. The highest BCUT2D eigenvalue weighted by atomic mass is 16.5. The molecule has 5 heteroatoms. The molecule has 22 heavy (non-hydrogen) atoms. The molecule has 2 aliphatic rings. The first-order chi connectivity index (χ1) is 10.6. The Kier molecular flexibility index (Phi) is 6.50. The molecule has 1 saturated heterocycles. The second-order valence-corrected chi connectivity index (χ2v) is 7.14. The van der Waals surface area contributed by atoms with Gasteiger partial charge in [0.05, 0.1) is 19.3 Å². The van der Waals surface area contributed by atoms with Gasteiger partial charge in [-0.05, 0) is 26.2 Å². The lowest BCUT2D eigenvalue weighted by molar-refractivity contribution is 0.00705. The number of nitrogens with one attached hydrogen (secondary N) is 1. The van der Waals surface area contributed by atoms with Gasteiger partial charge in [0, 0.05) is 38.1 Å². The van der Waals surface area contributed by atoms with Gasteiger partial charge in [-0.3, -0.25) is 4.99 Å². The summed E-state index contributed by atoms with van der Waals surface area (Å²) in [5, 5.41) is 13.7. The quantitative estimate of drug-likeness (QED) is 0.601. The van der Waals surface area contributed by atoms with Crippen molar-refractivity contribution in [3.8, 4) is 0 Å². The van der Waals surface area contributed by atoms with E-state index in [1.807, 2.05) is 0 Å². The largest absolute Gasteiger partial charge is 0.392 e. The van der Waals surface area contributed by atoms with Crippen LogP contribution in [0.3, 0.4) is 0 Å². The fourth-order valence-electron chi connectivity index (χ4n) is 3.64. The van der Waals surface area contributed by atoms with Crippen LogP contribution in [-0.2, 0) is 4.74 Å². The standard InChI is InChI=1S/C17H33N3O2/c1-4-18-16(20-10-8-14(11-20)12-22-3)19-13-17(2)9-6-5-7-15(17)21/h14-15,21H,4-13H2,1-3H3,(H,18,19). The molecule has 3 atom stereocenters. The number of methoxy groups -OCH3 is 1. The zero-order valence-electron chi connectivity index (χ0n) is 14.5. The van der Waals surface area contributed by atoms with E-state index in [1.165, 1.54) is 6.42 Å². The smallest absolute Gasteiger partial charge is 0.193 e. The van der Waals surface area contributed by atoms with Crippen LogP contribution in [-0.4, -0.2) is 62.0 Å². The number of nitrogens with zero attached hydrogens (tertiary/aromatic N) is 2. The van der Waals surface area contributed by atoms with Gasteiger partial charge in [-0.2, -0.15) is 0 Å². The van der Waals surface area contributed by atoms with Gasteiger partial charge < -0.3 is 20.1 Å². The van der Waals surface area contributed by atoms with Gasteiger partial charge in [0.25, 0.3) is 0 Å². The molecule has 1 aliphatic carbocycles. The van der Waals surface area contributed by atoms with E-state index in [-0.39, 0.29) is 11.5 Å². The van der Waals surface area contributed by atoms with Gasteiger partial charge in [-0.15, -0.1) is 0 Å². The molecular formula is C17H33N3O2. The summed E-state index contributed by atoms with van der Waals surface area (Å²) < 4.78 is 5.28. The monoisotopic (exact) mass is 311 g/mol. The van der Waals surface area contributed by atoms with E-state index in [2.05, 4.69) is 24.1 Å². The SMILES string of the molecule is CCNC(=NCC1(C)CCCCC1O)N1CCC(COC)C1. The number of likely N-dealkylation sites (tertiary alicyclic amines) is 1. The van der Waals surface area contributed by atoms with E-state index in [0.29, 0.717) is 12.5 Å². The predicted molar refractivity (Wildman–Crippen MR) is 90.1 cm³/mol. The van der Waals surface area contributed by atoms with Crippen LogP contribution < -0.4 is 5.32 Å². The highest BCUT2D eigenvalue weighted by Crippen LogP contribution is 2.36. The first-order valence-corrected chi connectivity index (χ1v) is 8.79. The van der Waals surface area contributed by atoms with Crippen molar-refractivity contribution in [2.24, 2.45) is 16.3 Å². The molecule has 0 spiro atoms. The summed E-state index contributed by atoms with van der Waals surface area (Å²) >= 11 is 0. The van der Waals surface area contributed by atoms with Crippen molar-refractivity contribution in [2.75, 3.05) is 39.9 Å². The molecule has 0 aromatic rings. The summed E-state index contributed by atoms with van der Waals surface area (Å²) in [5.41, 5.74) is -0.0649. The Labute approximate surface area is 135 Å². The molecule has 2 fully saturated rings. The Morgan fingerprint density at radius 1 is 1.41 bits per heavy atom. The molecule has 1 saturated carbocycles. The van der Waals surface area contributed by atoms with E-state index >= 15 is 0 Å². The molecule has 5 nitrogen and oxygen atoms in total. The third-order valence-electron chi connectivity index (χ3n) is 5.19. The lowest BCUT2D eigenvalue weighted by Crippen LogP contribution is -2.43. The van der Waals surface area contributed by atoms with Crippen molar-refractivity contribution in [1.29, 1.82) is 0 Å². The van der Waals surface area contributed by atoms with Crippen LogP contribution in [0.4, 0.5) is 0 Å². The van der Waals surface area contributed by atoms with Crippen LogP contribution in [0.15, 0.2) is 4.99 Å². The third-order valence-corrected chi connectivity index (χ3v) is 5.19. The number of aliphatic imine (C=N–C) groups is 1. The fraction of sp³-hybridized carbons (Fsp3) is 0.941. The Bertz CT molecular complexity index is 375. The number of guanidine groups is 1. The van der Waals surface area contributed by atoms with Crippen LogP contribution in [0.2, 0.25) is 0 Å². The molecule has 1 heterocycles. The van der Waals surface area contributed by atoms with Gasteiger partial charge in [0.1, 0.15) is 0 Å². The second-order valence-electron chi connectivity index (χ2n) is 7.14. The van der Waals surface area contributed by atoms with Gasteiger partial charge in [-0.25, -0.2) is 0 Å². The Morgan fingerprint density at radius 2 is 2.23 bits per heavy atom. The zero-order chi connectivity index (χ0) is 16.0. The average Bonchev–Trinajstić information content (AvgIpc) is 2.96. The van der Waals surface area contributed by atoms with E-state index in [0.717, 1.165) is 57.9 Å². The van der Waals surface area contributed by atoms with Gasteiger partial charge in [0.2, 0.25) is 0 Å². The summed E-state index contributed by atoms with van der Waals surface area (Å²) in [5.74, 6) is 1.60. The molecule has 0 amide bonds. The highest BCUT2D eigenvalue weighted by molar-refractivity contribution is 5.80. The maximum atomic E-state index is 10.3. The Balaban J connectivity index is 1.98. The van der Waals surface area contributed by atoms with Crippen molar-refractivity contribution in [3.05, 3.63) is 0 Å². The minimum Gasteiger partial charge on any atom is -0.392 e. The van der Waals surface area contributed by atoms with Crippen molar-refractivity contribution in [3.63, 3.8) is 0 Å². The Morgan fingerprint density at radius 3 is 2.91 bits per heavy atom. The van der Waals surface area contributed by atoms with Crippen molar-refractivity contribution in [2.45, 2.75) is 52.1 Å². The van der Waals surface area contributed by atoms with Crippen LogP contribution in [0.5, 0.6) is 0 Å². The number of rotatable bonds is 5. The van der Waals surface area contributed by atoms with Gasteiger partial charge >= 0.3 is 0 Å². The number of hydrogen-bond acceptors (Lipinski definition) is 3. The molecule has 0 bridgehead atoms. The predicted octanol–water partition coefficient (Wildman–Crippen LogP) is 1.86. The molecule has 2 N–H and O–H groups in total. The van der Waals surface area contributed by atoms with Crippen LogP contribution >= 0.6 is 0 Å². The van der Waals surface area contributed by atoms with Gasteiger partial charge in [-0.1, -0.05) is 19.8 Å². The fourth-order valence-corrected chi connectivity index (χ4v) is 3.64. The maximum absolute atomic E-state index is 10.3. The van der Waals surface area contributed by atoms with E-state index in [9.17, 15) is 5.11 Å². The van der Waals surface area contributed by atoms with Crippen molar-refractivity contribution < 1.29 is 9.84 Å². The summed E-state index contributed by atoms with van der Waals surface area (Å²) in [7, 11) is 1.77. The number of ether oxygens (including phenoxy) is 1. The molecule has 2 rings (SSSR count). The van der Waals surface area contributed by atoms with Crippen LogP contribution in [0.1, 0.15) is 46.0 Å². The lowest BCUT2D eigenvalue weighted by atomic mass is 9.73. The number of hydrogen-bond donors (Lipinski definition) is 2. The first kappa shape index (κ1) is 17.5. The normalized spacial score (nSPS) is 33.3. The Hall–Kier alpha value is -0.810.